The lowest BCUT2D eigenvalue weighted by atomic mass is 10.2. The minimum Gasteiger partial charge on any atom is -0.390 e. The van der Waals surface area contributed by atoms with Gasteiger partial charge in [-0.3, -0.25) is 4.90 Å². The van der Waals surface area contributed by atoms with Crippen LogP contribution in [0.25, 0.3) is 0 Å². The molecule has 0 radical (unpaired) electrons. The van der Waals surface area contributed by atoms with Crippen molar-refractivity contribution in [1.29, 1.82) is 0 Å². The Morgan fingerprint density at radius 3 is 2.83 bits per heavy atom. The fourth-order valence-corrected chi connectivity index (χ4v) is 2.98. The van der Waals surface area contributed by atoms with Crippen LogP contribution in [0.4, 0.5) is 0 Å². The van der Waals surface area contributed by atoms with Crippen molar-refractivity contribution in [2.24, 2.45) is 0 Å². The Hall–Kier alpha value is -0.420. The molecule has 1 heterocycles. The first-order valence-corrected chi connectivity index (χ1v) is 7.92. The van der Waals surface area contributed by atoms with Crippen LogP contribution >= 0.6 is 11.3 Å². The molecule has 4 heteroatoms. The lowest BCUT2D eigenvalue weighted by Gasteiger charge is -2.24. The summed E-state index contributed by atoms with van der Waals surface area (Å²) in [6.07, 6.45) is 4.94. The van der Waals surface area contributed by atoms with Crippen molar-refractivity contribution in [3.8, 4) is 0 Å². The molecule has 2 fully saturated rings. The number of aliphatic hydroxyl groups excluding tert-OH is 1. The average molecular weight is 266 g/mol. The molecule has 0 saturated heterocycles. The molecule has 2 aliphatic rings. The highest BCUT2D eigenvalue weighted by Gasteiger charge is 2.30. The second-order valence-corrected chi connectivity index (χ2v) is 6.41. The van der Waals surface area contributed by atoms with Crippen LogP contribution in [0.1, 0.15) is 31.2 Å². The highest BCUT2D eigenvalue weighted by Crippen LogP contribution is 2.28. The molecule has 0 aliphatic heterocycles. The molecular weight excluding hydrogens is 244 g/mol. The minimum atomic E-state index is -0.232. The zero-order chi connectivity index (χ0) is 12.4. The quantitative estimate of drug-likeness (QED) is 0.753. The largest absolute Gasteiger partial charge is 0.390 e. The molecule has 0 bridgehead atoms. The van der Waals surface area contributed by atoms with Crippen molar-refractivity contribution in [2.75, 3.05) is 13.1 Å². The van der Waals surface area contributed by atoms with Crippen LogP contribution in [-0.2, 0) is 6.54 Å². The number of thiophene rings is 1. The van der Waals surface area contributed by atoms with Crippen molar-refractivity contribution in [2.45, 2.75) is 50.4 Å². The highest BCUT2D eigenvalue weighted by molar-refractivity contribution is 7.07. The first-order chi connectivity index (χ1) is 8.81. The van der Waals surface area contributed by atoms with Crippen LogP contribution in [0.5, 0.6) is 0 Å². The van der Waals surface area contributed by atoms with E-state index in [0.29, 0.717) is 12.1 Å². The van der Waals surface area contributed by atoms with Crippen molar-refractivity contribution < 1.29 is 5.11 Å². The fourth-order valence-electron chi connectivity index (χ4n) is 2.32. The summed E-state index contributed by atoms with van der Waals surface area (Å²) in [5.41, 5.74) is 1.38. The topological polar surface area (TPSA) is 35.5 Å². The van der Waals surface area contributed by atoms with Crippen LogP contribution in [0, 0.1) is 0 Å². The van der Waals surface area contributed by atoms with E-state index in [1.54, 1.807) is 11.3 Å². The Bertz CT molecular complexity index is 360. The molecule has 3 nitrogen and oxygen atoms in total. The molecule has 2 saturated carbocycles. The summed E-state index contributed by atoms with van der Waals surface area (Å²) in [5.74, 6) is 0. The molecule has 0 amide bonds. The maximum Gasteiger partial charge on any atom is 0.0791 e. The van der Waals surface area contributed by atoms with E-state index < -0.39 is 0 Å². The predicted octanol–water partition coefficient (Wildman–Crippen LogP) is 1.83. The summed E-state index contributed by atoms with van der Waals surface area (Å²) in [7, 11) is 0. The molecule has 0 aromatic carbocycles. The number of nitrogens with zero attached hydrogens (tertiary/aromatic N) is 1. The summed E-state index contributed by atoms with van der Waals surface area (Å²) in [6.45, 7) is 2.55. The van der Waals surface area contributed by atoms with Gasteiger partial charge in [-0.25, -0.2) is 0 Å². The van der Waals surface area contributed by atoms with Gasteiger partial charge in [-0.05, 0) is 48.1 Å². The van der Waals surface area contributed by atoms with Crippen molar-refractivity contribution >= 4 is 11.3 Å². The Labute approximate surface area is 113 Å². The maximum atomic E-state index is 10.1. The van der Waals surface area contributed by atoms with Gasteiger partial charge in [0.25, 0.3) is 0 Å². The van der Waals surface area contributed by atoms with E-state index in [1.165, 1.54) is 31.2 Å². The summed E-state index contributed by atoms with van der Waals surface area (Å²) in [5, 5.41) is 17.8. The zero-order valence-electron chi connectivity index (χ0n) is 10.7. The molecule has 1 atom stereocenters. The third-order valence-electron chi connectivity index (χ3n) is 3.69. The van der Waals surface area contributed by atoms with E-state index in [9.17, 15) is 5.11 Å². The zero-order valence-corrected chi connectivity index (χ0v) is 11.5. The molecule has 2 aliphatic carbocycles. The summed E-state index contributed by atoms with van der Waals surface area (Å²) >= 11 is 1.75. The Morgan fingerprint density at radius 1 is 1.39 bits per heavy atom. The lowest BCUT2D eigenvalue weighted by Crippen LogP contribution is -2.39. The molecule has 1 aromatic rings. The predicted molar refractivity (Wildman–Crippen MR) is 74.8 cm³/mol. The smallest absolute Gasteiger partial charge is 0.0791 e. The Morgan fingerprint density at radius 2 is 2.22 bits per heavy atom. The highest BCUT2D eigenvalue weighted by atomic mass is 32.1. The third kappa shape index (κ3) is 3.79. The van der Waals surface area contributed by atoms with Crippen LogP contribution in [0.15, 0.2) is 16.8 Å². The van der Waals surface area contributed by atoms with Crippen LogP contribution < -0.4 is 5.32 Å². The van der Waals surface area contributed by atoms with Gasteiger partial charge in [0.05, 0.1) is 6.10 Å². The SMILES string of the molecule is OC(CNC1CC1)CN(Cc1ccsc1)C1CC1. The molecule has 0 spiro atoms. The van der Waals surface area contributed by atoms with Crippen LogP contribution in [0.3, 0.4) is 0 Å². The van der Waals surface area contributed by atoms with E-state index in [1.807, 2.05) is 0 Å². The molecular formula is C14H22N2OS. The van der Waals surface area contributed by atoms with Gasteiger partial charge in [0.1, 0.15) is 0 Å². The Kier molecular flexibility index (Phi) is 3.99. The fraction of sp³-hybridized carbons (Fsp3) is 0.714. The molecule has 18 heavy (non-hydrogen) atoms. The second kappa shape index (κ2) is 5.70. The molecule has 1 aromatic heterocycles. The van der Waals surface area contributed by atoms with Gasteiger partial charge in [-0.2, -0.15) is 11.3 Å². The number of hydrogen-bond donors (Lipinski definition) is 2. The summed E-state index contributed by atoms with van der Waals surface area (Å²) in [6, 6.07) is 3.58. The number of hydrogen-bond acceptors (Lipinski definition) is 4. The monoisotopic (exact) mass is 266 g/mol. The van der Waals surface area contributed by atoms with E-state index in [-0.39, 0.29) is 6.10 Å². The van der Waals surface area contributed by atoms with Gasteiger partial charge in [-0.15, -0.1) is 0 Å². The number of nitrogens with one attached hydrogen (secondary N) is 1. The van der Waals surface area contributed by atoms with Gasteiger partial charge in [0.2, 0.25) is 0 Å². The van der Waals surface area contributed by atoms with E-state index in [2.05, 4.69) is 27.0 Å². The van der Waals surface area contributed by atoms with Crippen molar-refractivity contribution in [3.63, 3.8) is 0 Å². The Balaban J connectivity index is 1.46. The molecule has 3 rings (SSSR count). The molecule has 100 valence electrons. The van der Waals surface area contributed by atoms with Gasteiger partial charge in [-0.1, -0.05) is 0 Å². The number of rotatable bonds is 8. The van der Waals surface area contributed by atoms with Gasteiger partial charge < -0.3 is 10.4 Å². The minimum absolute atomic E-state index is 0.232. The van der Waals surface area contributed by atoms with Crippen LogP contribution in [0.2, 0.25) is 0 Å². The number of aliphatic hydroxyl groups is 1. The third-order valence-corrected chi connectivity index (χ3v) is 4.43. The first-order valence-electron chi connectivity index (χ1n) is 6.98. The van der Waals surface area contributed by atoms with Gasteiger partial charge in [0, 0.05) is 31.7 Å². The maximum absolute atomic E-state index is 10.1. The van der Waals surface area contributed by atoms with Crippen LogP contribution in [-0.4, -0.2) is 41.3 Å². The average Bonchev–Trinajstić information content (AvgIpc) is 3.27. The van der Waals surface area contributed by atoms with E-state index in [0.717, 1.165) is 19.6 Å². The van der Waals surface area contributed by atoms with Crippen molar-refractivity contribution in [3.05, 3.63) is 22.4 Å². The van der Waals surface area contributed by atoms with E-state index >= 15 is 0 Å². The summed E-state index contributed by atoms with van der Waals surface area (Å²) in [4.78, 5) is 2.45. The molecule has 1 unspecified atom stereocenters. The standard InChI is InChI=1S/C14H22N2OS/c17-14(7-15-12-1-2-12)9-16(13-3-4-13)8-11-5-6-18-10-11/h5-6,10,12-15,17H,1-4,7-9H2. The first kappa shape index (κ1) is 12.6. The lowest BCUT2D eigenvalue weighted by molar-refractivity contribution is 0.103. The van der Waals surface area contributed by atoms with Gasteiger partial charge >= 0.3 is 0 Å². The second-order valence-electron chi connectivity index (χ2n) is 5.63. The summed E-state index contributed by atoms with van der Waals surface area (Å²) < 4.78 is 0. The van der Waals surface area contributed by atoms with E-state index in [4.69, 9.17) is 0 Å². The molecule has 2 N–H and O–H groups in total. The van der Waals surface area contributed by atoms with Gasteiger partial charge in [0.15, 0.2) is 0 Å². The van der Waals surface area contributed by atoms with Crippen molar-refractivity contribution in [1.82, 2.24) is 10.2 Å². The normalized spacial score (nSPS) is 21.4.